The lowest BCUT2D eigenvalue weighted by Gasteiger charge is -2.37. The number of carbonyl (C=O) groups is 2. The summed E-state index contributed by atoms with van der Waals surface area (Å²) in [6.45, 7) is 6.84. The second-order valence-corrected chi connectivity index (χ2v) is 9.85. The van der Waals surface area contributed by atoms with Gasteiger partial charge in [-0.3, -0.25) is 9.59 Å². The molecule has 1 unspecified atom stereocenters. The molecule has 0 aromatic carbocycles. The van der Waals surface area contributed by atoms with Crippen molar-refractivity contribution < 1.29 is 14.2 Å². The number of hydrogen-bond acceptors (Lipinski definition) is 5. The first-order valence-corrected chi connectivity index (χ1v) is 11.5. The van der Waals surface area contributed by atoms with Crippen LogP contribution in [0.3, 0.4) is 0 Å². The van der Waals surface area contributed by atoms with Crippen LogP contribution in [-0.4, -0.2) is 50.8 Å². The number of nitrogens with zero attached hydrogens (tertiary/aromatic N) is 5. The van der Waals surface area contributed by atoms with Gasteiger partial charge >= 0.3 is 0 Å². The number of amides is 2. The van der Waals surface area contributed by atoms with E-state index in [1.165, 1.54) is 0 Å². The van der Waals surface area contributed by atoms with Gasteiger partial charge in [-0.2, -0.15) is 9.83 Å². The number of fused-ring (bicyclic) bond motifs is 1. The molecule has 1 saturated heterocycles. The summed E-state index contributed by atoms with van der Waals surface area (Å²) in [6, 6.07) is 7.35. The van der Waals surface area contributed by atoms with Gasteiger partial charge in [0.1, 0.15) is 18.6 Å². The van der Waals surface area contributed by atoms with Crippen molar-refractivity contribution in [3.63, 3.8) is 0 Å². The van der Waals surface area contributed by atoms with Gasteiger partial charge in [-0.05, 0) is 24.3 Å². The third-order valence-corrected chi connectivity index (χ3v) is 6.32. The molecule has 2 amide bonds. The first kappa shape index (κ1) is 23.4. The zero-order valence-corrected chi connectivity index (χ0v) is 20.0. The number of carbonyl (C=O) groups excluding carboxylic acids is 2. The van der Waals surface area contributed by atoms with Crippen molar-refractivity contribution in [2.45, 2.75) is 39.7 Å². The molecule has 1 aliphatic rings. The molecule has 34 heavy (non-hydrogen) atoms. The highest BCUT2D eigenvalue weighted by Crippen LogP contribution is 2.25. The van der Waals surface area contributed by atoms with E-state index >= 15 is 0 Å². The van der Waals surface area contributed by atoms with Crippen molar-refractivity contribution in [3.8, 4) is 17.5 Å². The zero-order chi connectivity index (χ0) is 24.5. The normalized spacial score (nSPS) is 15.7. The third-order valence-electron chi connectivity index (χ3n) is 6.32. The molecule has 9 nitrogen and oxygen atoms in total. The maximum atomic E-state index is 13.4. The monoisotopic (exact) mass is 460 g/mol. The Kier molecular flexibility index (Phi) is 6.33. The highest BCUT2D eigenvalue weighted by atomic mass is 16.2. The SMILES string of the molecule is C[n+]1ccccc1-c1cnc2[nH]cc(C(=O)NC(C(=O)N3CCC(C#N)CC3)C(C)(C)C)c2n1. The zero-order valence-electron chi connectivity index (χ0n) is 20.0. The van der Waals surface area contributed by atoms with Crippen molar-refractivity contribution in [2.24, 2.45) is 18.4 Å². The van der Waals surface area contributed by atoms with E-state index in [2.05, 4.69) is 21.4 Å². The van der Waals surface area contributed by atoms with Gasteiger partial charge in [0.25, 0.3) is 5.91 Å². The summed E-state index contributed by atoms with van der Waals surface area (Å²) in [5, 5.41) is 12.1. The number of aryl methyl sites for hydroxylation is 1. The van der Waals surface area contributed by atoms with Crippen molar-refractivity contribution in [3.05, 3.63) is 42.4 Å². The van der Waals surface area contributed by atoms with Gasteiger partial charge in [-0.15, -0.1) is 0 Å². The number of hydrogen-bond donors (Lipinski definition) is 2. The highest BCUT2D eigenvalue weighted by molar-refractivity contribution is 6.06. The average molecular weight is 461 g/mol. The van der Waals surface area contributed by atoms with Crippen LogP contribution in [0.5, 0.6) is 0 Å². The first-order chi connectivity index (χ1) is 16.2. The van der Waals surface area contributed by atoms with Crippen LogP contribution in [0.4, 0.5) is 0 Å². The predicted octanol–water partition coefficient (Wildman–Crippen LogP) is 2.36. The highest BCUT2D eigenvalue weighted by Gasteiger charge is 2.37. The maximum Gasteiger partial charge on any atom is 0.255 e. The van der Waals surface area contributed by atoms with E-state index < -0.39 is 11.5 Å². The van der Waals surface area contributed by atoms with Crippen LogP contribution in [0.25, 0.3) is 22.6 Å². The minimum atomic E-state index is -0.716. The molecule has 0 spiro atoms. The summed E-state index contributed by atoms with van der Waals surface area (Å²) in [7, 11) is 1.92. The lowest BCUT2D eigenvalue weighted by Crippen LogP contribution is -2.56. The molecule has 9 heteroatoms. The van der Waals surface area contributed by atoms with E-state index in [1.807, 2.05) is 56.8 Å². The Hall–Kier alpha value is -3.80. The van der Waals surface area contributed by atoms with Crippen LogP contribution in [0.1, 0.15) is 44.0 Å². The number of nitriles is 1. The van der Waals surface area contributed by atoms with E-state index in [-0.39, 0.29) is 17.7 Å². The molecule has 0 radical (unpaired) electrons. The molecule has 3 aromatic heterocycles. The van der Waals surface area contributed by atoms with Gasteiger partial charge in [-0.25, -0.2) is 9.97 Å². The van der Waals surface area contributed by atoms with Gasteiger partial charge in [-0.1, -0.05) is 20.8 Å². The molecule has 1 fully saturated rings. The van der Waals surface area contributed by atoms with E-state index in [0.717, 1.165) is 5.69 Å². The van der Waals surface area contributed by atoms with E-state index in [4.69, 9.17) is 10.2 Å². The smallest absolute Gasteiger partial charge is 0.255 e. The molecule has 1 aliphatic heterocycles. The van der Waals surface area contributed by atoms with Crippen LogP contribution in [0, 0.1) is 22.7 Å². The average Bonchev–Trinajstić information content (AvgIpc) is 3.25. The van der Waals surface area contributed by atoms with E-state index in [0.29, 0.717) is 48.4 Å². The van der Waals surface area contributed by atoms with Crippen LogP contribution in [0.2, 0.25) is 0 Å². The van der Waals surface area contributed by atoms with Crippen molar-refractivity contribution in [1.82, 2.24) is 25.2 Å². The maximum absolute atomic E-state index is 13.4. The van der Waals surface area contributed by atoms with Gasteiger partial charge in [0.2, 0.25) is 11.6 Å². The first-order valence-electron chi connectivity index (χ1n) is 11.5. The Labute approximate surface area is 198 Å². The fraction of sp³-hybridized carbons (Fsp3) is 0.440. The van der Waals surface area contributed by atoms with Crippen LogP contribution >= 0.6 is 0 Å². The standard InChI is InChI=1S/C25H29N7O2/c1-25(2,3)21(24(34)32-11-8-16(13-26)9-12-32)30-23(33)17-14-27-22-20(17)29-18(15-28-22)19-7-5-6-10-31(19)4/h5-7,10,14-16,21H,8-9,11-12H2,1-4H3,(H,30,33)/p+1. The molecule has 0 bridgehead atoms. The fourth-order valence-corrected chi connectivity index (χ4v) is 4.25. The number of rotatable bonds is 4. The van der Waals surface area contributed by atoms with Crippen molar-refractivity contribution in [1.29, 1.82) is 5.26 Å². The summed E-state index contributed by atoms with van der Waals surface area (Å²) in [5.74, 6) is -0.521. The molecular formula is C25H30N7O2+. The number of pyridine rings is 1. The Morgan fingerprint density at radius 2 is 2.03 bits per heavy atom. The minimum absolute atomic E-state index is 0.0165. The van der Waals surface area contributed by atoms with Crippen LogP contribution < -0.4 is 9.88 Å². The molecular weight excluding hydrogens is 430 g/mol. The van der Waals surface area contributed by atoms with Gasteiger partial charge < -0.3 is 15.2 Å². The number of H-pyrrole nitrogens is 1. The number of piperidine rings is 1. The second-order valence-electron chi connectivity index (χ2n) is 9.85. The summed E-state index contributed by atoms with van der Waals surface area (Å²) in [4.78, 5) is 40.7. The Morgan fingerprint density at radius 1 is 1.29 bits per heavy atom. The lowest BCUT2D eigenvalue weighted by atomic mass is 9.85. The molecule has 0 saturated carbocycles. The largest absolute Gasteiger partial charge is 0.344 e. The summed E-state index contributed by atoms with van der Waals surface area (Å²) in [5.41, 5.74) is 2.31. The summed E-state index contributed by atoms with van der Waals surface area (Å²) < 4.78 is 1.94. The summed E-state index contributed by atoms with van der Waals surface area (Å²) >= 11 is 0. The molecule has 4 rings (SSSR count). The number of likely N-dealkylation sites (tertiary alicyclic amines) is 1. The van der Waals surface area contributed by atoms with Crippen LogP contribution in [-0.2, 0) is 11.8 Å². The van der Waals surface area contributed by atoms with E-state index in [1.54, 1.807) is 17.3 Å². The molecule has 3 aromatic rings. The van der Waals surface area contributed by atoms with Crippen molar-refractivity contribution >= 4 is 23.0 Å². The fourth-order valence-electron chi connectivity index (χ4n) is 4.25. The number of aromatic nitrogens is 4. The quantitative estimate of drug-likeness (QED) is 0.580. The lowest BCUT2D eigenvalue weighted by molar-refractivity contribution is -0.660. The van der Waals surface area contributed by atoms with Gasteiger partial charge in [0, 0.05) is 37.3 Å². The topological polar surface area (TPSA) is 119 Å². The Morgan fingerprint density at radius 3 is 2.68 bits per heavy atom. The number of aromatic amines is 1. The Bertz CT molecular complexity index is 1260. The van der Waals surface area contributed by atoms with Crippen molar-refractivity contribution in [2.75, 3.05) is 13.1 Å². The predicted molar refractivity (Wildman–Crippen MR) is 126 cm³/mol. The molecule has 0 aliphatic carbocycles. The van der Waals surface area contributed by atoms with E-state index in [9.17, 15) is 9.59 Å². The second kappa shape index (κ2) is 9.21. The van der Waals surface area contributed by atoms with Gasteiger partial charge in [0.15, 0.2) is 17.5 Å². The number of nitrogens with one attached hydrogen (secondary N) is 2. The third kappa shape index (κ3) is 4.62. The minimum Gasteiger partial charge on any atom is -0.344 e. The van der Waals surface area contributed by atoms with Gasteiger partial charge in [0.05, 0.1) is 17.8 Å². The van der Waals surface area contributed by atoms with Crippen LogP contribution in [0.15, 0.2) is 36.8 Å². The Balaban J connectivity index is 1.60. The molecule has 176 valence electrons. The molecule has 1 atom stereocenters. The summed E-state index contributed by atoms with van der Waals surface area (Å²) in [6.07, 6.45) is 6.49. The molecule has 2 N–H and O–H groups in total. The molecule has 4 heterocycles.